The van der Waals surface area contributed by atoms with E-state index >= 15 is 0 Å². The SMILES string of the molecule is CNCCCNC(=O)C(C)Oc1ccc(Cl)cc1Cl.Cl. The number of ether oxygens (including phenoxy) is 1. The van der Waals surface area contributed by atoms with Gasteiger partial charge >= 0.3 is 0 Å². The molecular formula is C13H19Cl3N2O2. The van der Waals surface area contributed by atoms with Crippen molar-refractivity contribution >= 4 is 41.5 Å². The van der Waals surface area contributed by atoms with E-state index in [1.54, 1.807) is 25.1 Å². The Morgan fingerprint density at radius 2 is 2.05 bits per heavy atom. The van der Waals surface area contributed by atoms with E-state index in [9.17, 15) is 4.79 Å². The second-order valence-electron chi connectivity index (χ2n) is 4.08. The summed E-state index contributed by atoms with van der Waals surface area (Å²) in [7, 11) is 1.87. The van der Waals surface area contributed by atoms with Gasteiger partial charge in [-0.25, -0.2) is 0 Å². The van der Waals surface area contributed by atoms with E-state index in [0.29, 0.717) is 22.3 Å². The molecule has 114 valence electrons. The van der Waals surface area contributed by atoms with Gasteiger partial charge in [-0.2, -0.15) is 0 Å². The van der Waals surface area contributed by atoms with E-state index < -0.39 is 6.10 Å². The summed E-state index contributed by atoms with van der Waals surface area (Å²) in [5.74, 6) is 0.283. The summed E-state index contributed by atoms with van der Waals surface area (Å²) in [4.78, 5) is 11.8. The standard InChI is InChI=1S/C13H18Cl2N2O2.ClH/c1-9(13(18)17-7-3-6-16-2)19-12-5-4-10(14)8-11(12)15;/h4-5,8-9,16H,3,6-7H2,1-2H3,(H,17,18);1H. The van der Waals surface area contributed by atoms with Gasteiger partial charge in [0, 0.05) is 11.6 Å². The fourth-order valence-corrected chi connectivity index (χ4v) is 1.89. The minimum atomic E-state index is -0.603. The molecule has 4 nitrogen and oxygen atoms in total. The van der Waals surface area contributed by atoms with Crippen molar-refractivity contribution in [3.05, 3.63) is 28.2 Å². The molecule has 1 amide bonds. The van der Waals surface area contributed by atoms with Crippen LogP contribution in [0.4, 0.5) is 0 Å². The minimum Gasteiger partial charge on any atom is -0.479 e. The van der Waals surface area contributed by atoms with Crippen LogP contribution >= 0.6 is 35.6 Å². The summed E-state index contributed by atoms with van der Waals surface area (Å²) in [5.41, 5.74) is 0. The van der Waals surface area contributed by atoms with Gasteiger partial charge in [0.2, 0.25) is 0 Å². The monoisotopic (exact) mass is 340 g/mol. The van der Waals surface area contributed by atoms with Crippen LogP contribution in [-0.2, 0) is 4.79 Å². The van der Waals surface area contributed by atoms with Crippen LogP contribution in [0.15, 0.2) is 18.2 Å². The van der Waals surface area contributed by atoms with E-state index in [2.05, 4.69) is 10.6 Å². The number of carbonyl (C=O) groups excluding carboxylic acids is 1. The second-order valence-corrected chi connectivity index (χ2v) is 4.93. The Labute approximate surface area is 135 Å². The maximum Gasteiger partial charge on any atom is 0.260 e. The zero-order valence-corrected chi connectivity index (χ0v) is 13.7. The first-order chi connectivity index (χ1) is 9.04. The van der Waals surface area contributed by atoms with Crippen molar-refractivity contribution < 1.29 is 9.53 Å². The number of rotatable bonds is 7. The van der Waals surface area contributed by atoms with Crippen LogP contribution in [0.2, 0.25) is 10.0 Å². The summed E-state index contributed by atoms with van der Waals surface area (Å²) >= 11 is 11.8. The lowest BCUT2D eigenvalue weighted by molar-refractivity contribution is -0.127. The Kier molecular flexibility index (Phi) is 9.76. The van der Waals surface area contributed by atoms with Gasteiger partial charge in [0.05, 0.1) is 5.02 Å². The Morgan fingerprint density at radius 3 is 2.65 bits per heavy atom. The van der Waals surface area contributed by atoms with E-state index in [1.165, 1.54) is 0 Å². The van der Waals surface area contributed by atoms with Crippen molar-refractivity contribution in [3.63, 3.8) is 0 Å². The number of hydrogen-bond donors (Lipinski definition) is 2. The molecule has 20 heavy (non-hydrogen) atoms. The molecule has 0 saturated heterocycles. The highest BCUT2D eigenvalue weighted by Gasteiger charge is 2.15. The summed E-state index contributed by atoms with van der Waals surface area (Å²) in [6, 6.07) is 4.89. The van der Waals surface area contributed by atoms with Gasteiger partial charge in [0.25, 0.3) is 5.91 Å². The van der Waals surface area contributed by atoms with Gasteiger partial charge in [-0.1, -0.05) is 23.2 Å². The lowest BCUT2D eigenvalue weighted by Gasteiger charge is -2.15. The van der Waals surface area contributed by atoms with E-state index in [-0.39, 0.29) is 18.3 Å². The largest absolute Gasteiger partial charge is 0.479 e. The fourth-order valence-electron chi connectivity index (χ4n) is 1.44. The summed E-state index contributed by atoms with van der Waals surface area (Å²) < 4.78 is 5.50. The number of halogens is 3. The number of hydrogen-bond acceptors (Lipinski definition) is 3. The van der Waals surface area contributed by atoms with Crippen molar-refractivity contribution in [3.8, 4) is 5.75 Å². The average Bonchev–Trinajstić information content (AvgIpc) is 2.37. The molecule has 0 saturated carbocycles. The molecule has 0 radical (unpaired) electrons. The third-order valence-corrected chi connectivity index (χ3v) is 3.00. The predicted octanol–water partition coefficient (Wildman–Crippen LogP) is 2.91. The number of nitrogens with one attached hydrogen (secondary N) is 2. The Balaban J connectivity index is 0.00000361. The van der Waals surface area contributed by atoms with Gasteiger partial charge in [-0.3, -0.25) is 4.79 Å². The predicted molar refractivity (Wildman–Crippen MR) is 85.4 cm³/mol. The zero-order valence-electron chi connectivity index (χ0n) is 11.4. The zero-order chi connectivity index (χ0) is 14.3. The highest BCUT2D eigenvalue weighted by molar-refractivity contribution is 6.35. The van der Waals surface area contributed by atoms with Crippen LogP contribution in [0.1, 0.15) is 13.3 Å². The molecule has 1 aromatic carbocycles. The first-order valence-electron chi connectivity index (χ1n) is 6.08. The smallest absolute Gasteiger partial charge is 0.260 e. The molecular weight excluding hydrogens is 323 g/mol. The average molecular weight is 342 g/mol. The molecule has 0 aliphatic carbocycles. The van der Waals surface area contributed by atoms with Crippen molar-refractivity contribution in [2.45, 2.75) is 19.4 Å². The Hall–Kier alpha value is -0.680. The molecule has 0 aliphatic rings. The van der Waals surface area contributed by atoms with Gasteiger partial charge in [0.1, 0.15) is 5.75 Å². The van der Waals surface area contributed by atoms with Crippen LogP contribution in [0.3, 0.4) is 0 Å². The highest BCUT2D eigenvalue weighted by atomic mass is 35.5. The highest BCUT2D eigenvalue weighted by Crippen LogP contribution is 2.28. The topological polar surface area (TPSA) is 50.4 Å². The molecule has 0 bridgehead atoms. The molecule has 0 heterocycles. The molecule has 0 aromatic heterocycles. The van der Waals surface area contributed by atoms with Crippen molar-refractivity contribution in [2.75, 3.05) is 20.1 Å². The van der Waals surface area contributed by atoms with Crippen LogP contribution < -0.4 is 15.4 Å². The Morgan fingerprint density at radius 1 is 1.35 bits per heavy atom. The summed E-state index contributed by atoms with van der Waals surface area (Å²) in [6.45, 7) is 3.15. The lowest BCUT2D eigenvalue weighted by atomic mass is 10.3. The third-order valence-electron chi connectivity index (χ3n) is 2.47. The van der Waals surface area contributed by atoms with Gasteiger partial charge in [0.15, 0.2) is 6.10 Å². The number of carbonyl (C=O) groups is 1. The van der Waals surface area contributed by atoms with Crippen LogP contribution in [0.5, 0.6) is 5.75 Å². The van der Waals surface area contributed by atoms with Crippen LogP contribution in [-0.4, -0.2) is 32.1 Å². The minimum absolute atomic E-state index is 0. The normalized spacial score (nSPS) is 11.4. The van der Waals surface area contributed by atoms with Crippen molar-refractivity contribution in [1.29, 1.82) is 0 Å². The Bertz CT molecular complexity index is 430. The first kappa shape index (κ1) is 19.3. The van der Waals surface area contributed by atoms with E-state index in [4.69, 9.17) is 27.9 Å². The second kappa shape index (κ2) is 10.1. The molecule has 0 fully saturated rings. The van der Waals surface area contributed by atoms with Crippen molar-refractivity contribution in [1.82, 2.24) is 10.6 Å². The molecule has 0 aliphatic heterocycles. The molecule has 1 aromatic rings. The maximum atomic E-state index is 11.8. The van der Waals surface area contributed by atoms with E-state index in [0.717, 1.165) is 13.0 Å². The third kappa shape index (κ3) is 6.66. The van der Waals surface area contributed by atoms with Gasteiger partial charge in [-0.05, 0) is 45.1 Å². The van der Waals surface area contributed by atoms with Crippen molar-refractivity contribution in [2.24, 2.45) is 0 Å². The van der Waals surface area contributed by atoms with Gasteiger partial charge < -0.3 is 15.4 Å². The molecule has 7 heteroatoms. The van der Waals surface area contributed by atoms with Crippen LogP contribution in [0.25, 0.3) is 0 Å². The molecule has 1 rings (SSSR count). The number of amides is 1. The number of benzene rings is 1. The quantitative estimate of drug-likeness (QED) is 0.750. The fraction of sp³-hybridized carbons (Fsp3) is 0.462. The first-order valence-corrected chi connectivity index (χ1v) is 6.84. The molecule has 2 N–H and O–H groups in total. The molecule has 1 unspecified atom stereocenters. The van der Waals surface area contributed by atoms with Crippen LogP contribution in [0, 0.1) is 0 Å². The molecule has 0 spiro atoms. The lowest BCUT2D eigenvalue weighted by Crippen LogP contribution is -2.37. The summed E-state index contributed by atoms with van der Waals surface area (Å²) in [6.07, 6.45) is 0.268. The van der Waals surface area contributed by atoms with Gasteiger partial charge in [-0.15, -0.1) is 12.4 Å². The maximum absolute atomic E-state index is 11.8. The summed E-state index contributed by atoms with van der Waals surface area (Å²) in [5, 5.41) is 6.73. The molecule has 1 atom stereocenters. The van der Waals surface area contributed by atoms with E-state index in [1.807, 2.05) is 7.05 Å².